The molecule has 0 bridgehead atoms. The summed E-state index contributed by atoms with van der Waals surface area (Å²) in [6.45, 7) is 0. The highest BCUT2D eigenvalue weighted by Crippen LogP contribution is 2.38. The Labute approximate surface area is 117 Å². The maximum absolute atomic E-state index is 5.82. The smallest absolute Gasteiger partial charge is 0.0223 e. The van der Waals surface area contributed by atoms with Gasteiger partial charge in [-0.3, -0.25) is 0 Å². The minimum atomic E-state index is 0.773. The predicted octanol–water partition coefficient (Wildman–Crippen LogP) is 5.76. The van der Waals surface area contributed by atoms with Crippen molar-refractivity contribution < 1.29 is 0 Å². The first-order valence-electron chi connectivity index (χ1n) is 7.52. The first kappa shape index (κ1) is 13.9. The van der Waals surface area contributed by atoms with Crippen LogP contribution < -0.4 is 0 Å². The second-order valence-electron chi connectivity index (χ2n) is 5.60. The highest BCUT2D eigenvalue weighted by Gasteiger charge is 2.24. The summed E-state index contributed by atoms with van der Waals surface area (Å²) < 4.78 is 0. The lowest BCUT2D eigenvalue weighted by Crippen LogP contribution is -2.16. The largest absolute Gasteiger partial charge is 0.127 e. The molecular formula is C17H25Cl. The van der Waals surface area contributed by atoms with Gasteiger partial charge >= 0.3 is 0 Å². The molecule has 0 saturated heterocycles. The third-order valence-electron chi connectivity index (χ3n) is 4.35. The molecule has 1 aliphatic carbocycles. The van der Waals surface area contributed by atoms with E-state index in [1.165, 1.54) is 44.9 Å². The monoisotopic (exact) mass is 264 g/mol. The lowest BCUT2D eigenvalue weighted by molar-refractivity contribution is 0.290. The summed E-state index contributed by atoms with van der Waals surface area (Å²) in [4.78, 5) is 0. The molecule has 2 rings (SSSR count). The van der Waals surface area contributed by atoms with Crippen LogP contribution in [0.25, 0.3) is 0 Å². The molecule has 1 atom stereocenters. The molecule has 1 heteroatoms. The van der Waals surface area contributed by atoms with Gasteiger partial charge in [0.05, 0.1) is 0 Å². The molecule has 0 aromatic heterocycles. The molecule has 18 heavy (non-hydrogen) atoms. The molecule has 1 aliphatic rings. The lowest BCUT2D eigenvalue weighted by Gasteiger charge is -2.31. The molecule has 0 N–H and O–H groups in total. The van der Waals surface area contributed by atoms with Crippen LogP contribution in [0.2, 0.25) is 0 Å². The molecule has 1 unspecified atom stereocenters. The Morgan fingerprint density at radius 3 is 2.39 bits per heavy atom. The molecule has 0 heterocycles. The molecule has 0 amide bonds. The third-order valence-corrected chi connectivity index (χ3v) is 4.61. The van der Waals surface area contributed by atoms with Gasteiger partial charge in [0.25, 0.3) is 0 Å². The summed E-state index contributed by atoms with van der Waals surface area (Å²) in [5.41, 5.74) is 1.55. The van der Waals surface area contributed by atoms with Crippen LogP contribution in [0.1, 0.15) is 62.8 Å². The van der Waals surface area contributed by atoms with Gasteiger partial charge in [-0.15, -0.1) is 11.6 Å². The molecule has 0 nitrogen and oxygen atoms in total. The number of unbranched alkanes of at least 4 members (excludes halogenated alkanes) is 1. The van der Waals surface area contributed by atoms with E-state index in [0.29, 0.717) is 0 Å². The van der Waals surface area contributed by atoms with Gasteiger partial charge in [-0.2, -0.15) is 0 Å². The van der Waals surface area contributed by atoms with Gasteiger partial charge < -0.3 is 0 Å². The van der Waals surface area contributed by atoms with E-state index in [9.17, 15) is 0 Å². The van der Waals surface area contributed by atoms with E-state index in [1.54, 1.807) is 5.56 Å². The Balaban J connectivity index is 2.01. The molecule has 1 saturated carbocycles. The van der Waals surface area contributed by atoms with Crippen LogP contribution in [-0.2, 0) is 0 Å². The normalized spacial score (nSPS) is 18.7. The van der Waals surface area contributed by atoms with Crippen molar-refractivity contribution >= 4 is 11.6 Å². The number of rotatable bonds is 6. The average molecular weight is 265 g/mol. The Kier molecular flexibility index (Phi) is 6.07. The Hall–Kier alpha value is -0.490. The van der Waals surface area contributed by atoms with Crippen LogP contribution in [0.3, 0.4) is 0 Å². The Bertz CT molecular complexity index is 314. The topological polar surface area (TPSA) is 0 Å². The SMILES string of the molecule is ClCCCCC(c1ccccc1)C1CCCCC1. The van der Waals surface area contributed by atoms with Gasteiger partial charge in [0, 0.05) is 5.88 Å². The third kappa shape index (κ3) is 4.02. The molecule has 1 fully saturated rings. The highest BCUT2D eigenvalue weighted by molar-refractivity contribution is 6.17. The van der Waals surface area contributed by atoms with Crippen molar-refractivity contribution in [3.8, 4) is 0 Å². The molecule has 0 radical (unpaired) electrons. The van der Waals surface area contributed by atoms with Crippen molar-refractivity contribution in [3.63, 3.8) is 0 Å². The zero-order valence-corrected chi connectivity index (χ0v) is 12.0. The first-order chi connectivity index (χ1) is 8.92. The van der Waals surface area contributed by atoms with E-state index in [-0.39, 0.29) is 0 Å². The van der Waals surface area contributed by atoms with Gasteiger partial charge in [0.15, 0.2) is 0 Å². The van der Waals surface area contributed by atoms with Crippen molar-refractivity contribution in [2.24, 2.45) is 5.92 Å². The second-order valence-corrected chi connectivity index (χ2v) is 5.98. The number of alkyl halides is 1. The summed E-state index contributed by atoms with van der Waals surface area (Å²) in [7, 11) is 0. The average Bonchev–Trinajstić information content (AvgIpc) is 2.46. The van der Waals surface area contributed by atoms with E-state index < -0.39 is 0 Å². The standard InChI is InChI=1S/C17H25Cl/c18-14-8-7-13-17(15-9-3-1-4-10-15)16-11-5-2-6-12-16/h1,3-4,9-10,16-17H,2,5-8,11-14H2. The maximum atomic E-state index is 5.82. The minimum Gasteiger partial charge on any atom is -0.127 e. The van der Waals surface area contributed by atoms with Gasteiger partial charge in [-0.1, -0.05) is 56.0 Å². The minimum absolute atomic E-state index is 0.773. The van der Waals surface area contributed by atoms with Crippen LogP contribution in [0.5, 0.6) is 0 Å². The summed E-state index contributed by atoms with van der Waals surface area (Å²) in [5, 5.41) is 0. The molecule has 0 aliphatic heterocycles. The van der Waals surface area contributed by atoms with Gasteiger partial charge in [-0.25, -0.2) is 0 Å². The Morgan fingerprint density at radius 2 is 1.72 bits per heavy atom. The lowest BCUT2D eigenvalue weighted by atomic mass is 9.75. The first-order valence-corrected chi connectivity index (χ1v) is 8.06. The molecular weight excluding hydrogens is 240 g/mol. The molecule has 1 aromatic carbocycles. The molecule has 100 valence electrons. The number of hydrogen-bond donors (Lipinski definition) is 0. The Morgan fingerprint density at radius 1 is 1.00 bits per heavy atom. The van der Waals surface area contributed by atoms with Crippen LogP contribution in [0.15, 0.2) is 30.3 Å². The number of halogens is 1. The van der Waals surface area contributed by atoms with Crippen molar-refractivity contribution in [3.05, 3.63) is 35.9 Å². The fourth-order valence-corrected chi connectivity index (χ4v) is 3.56. The molecule has 1 aromatic rings. The van der Waals surface area contributed by atoms with Crippen LogP contribution in [0, 0.1) is 5.92 Å². The second kappa shape index (κ2) is 7.84. The van der Waals surface area contributed by atoms with Crippen LogP contribution in [-0.4, -0.2) is 5.88 Å². The quantitative estimate of drug-likeness (QED) is 0.453. The highest BCUT2D eigenvalue weighted by atomic mass is 35.5. The van der Waals surface area contributed by atoms with E-state index in [1.807, 2.05) is 0 Å². The zero-order valence-electron chi connectivity index (χ0n) is 11.3. The zero-order chi connectivity index (χ0) is 12.6. The van der Waals surface area contributed by atoms with E-state index >= 15 is 0 Å². The van der Waals surface area contributed by atoms with Crippen molar-refractivity contribution in [2.75, 3.05) is 5.88 Å². The number of hydrogen-bond acceptors (Lipinski definition) is 0. The summed E-state index contributed by atoms with van der Waals surface area (Å²) in [6, 6.07) is 11.1. The van der Waals surface area contributed by atoms with Crippen LogP contribution in [0.4, 0.5) is 0 Å². The van der Waals surface area contributed by atoms with Crippen molar-refractivity contribution in [1.82, 2.24) is 0 Å². The van der Waals surface area contributed by atoms with E-state index in [2.05, 4.69) is 30.3 Å². The summed E-state index contributed by atoms with van der Waals surface area (Å²) in [5.74, 6) is 2.50. The van der Waals surface area contributed by atoms with Gasteiger partial charge in [0.2, 0.25) is 0 Å². The summed E-state index contributed by atoms with van der Waals surface area (Å²) in [6.07, 6.45) is 10.9. The molecule has 0 spiro atoms. The maximum Gasteiger partial charge on any atom is 0.0223 e. The predicted molar refractivity (Wildman–Crippen MR) is 80.3 cm³/mol. The fraction of sp³-hybridized carbons (Fsp3) is 0.647. The van der Waals surface area contributed by atoms with Crippen molar-refractivity contribution in [1.29, 1.82) is 0 Å². The van der Waals surface area contributed by atoms with E-state index in [0.717, 1.165) is 24.1 Å². The fourth-order valence-electron chi connectivity index (χ4n) is 3.37. The van der Waals surface area contributed by atoms with Gasteiger partial charge in [-0.05, 0) is 43.1 Å². The van der Waals surface area contributed by atoms with Crippen LogP contribution >= 0.6 is 11.6 Å². The number of benzene rings is 1. The van der Waals surface area contributed by atoms with E-state index in [4.69, 9.17) is 11.6 Å². The van der Waals surface area contributed by atoms with Gasteiger partial charge in [0.1, 0.15) is 0 Å². The summed E-state index contributed by atoms with van der Waals surface area (Å²) >= 11 is 5.82. The van der Waals surface area contributed by atoms with Crippen molar-refractivity contribution in [2.45, 2.75) is 57.3 Å².